The second kappa shape index (κ2) is 5.28. The van der Waals surface area contributed by atoms with E-state index in [1.54, 1.807) is 0 Å². The molecule has 1 unspecified atom stereocenters. The molecule has 0 saturated carbocycles. The van der Waals surface area contributed by atoms with Gasteiger partial charge in [0.15, 0.2) is 0 Å². The van der Waals surface area contributed by atoms with E-state index in [0.29, 0.717) is 6.04 Å². The number of aryl methyl sites for hydroxylation is 1. The minimum Gasteiger partial charge on any atom is -0.493 e. The Bertz CT molecular complexity index is 417. The van der Waals surface area contributed by atoms with Crippen LogP contribution < -0.4 is 10.1 Å². The summed E-state index contributed by atoms with van der Waals surface area (Å²) in [6.45, 7) is 8.12. The lowest BCUT2D eigenvalue weighted by Crippen LogP contribution is -2.28. The van der Waals surface area contributed by atoms with Crippen LogP contribution in [0, 0.1) is 13.8 Å². The zero-order valence-electron chi connectivity index (χ0n) is 10.8. The highest BCUT2D eigenvalue weighted by molar-refractivity contribution is 6.32. The number of hydrogen-bond donors (Lipinski definition) is 1. The molecule has 0 saturated heterocycles. The maximum Gasteiger partial charge on any atom is 0.124 e. The number of benzene rings is 1. The number of fused-ring (bicyclic) bond motifs is 1. The first kappa shape index (κ1) is 12.7. The van der Waals surface area contributed by atoms with E-state index in [2.05, 4.69) is 25.2 Å². The lowest BCUT2D eigenvalue weighted by molar-refractivity contribution is 0.252. The lowest BCUT2D eigenvalue weighted by Gasteiger charge is -2.29. The van der Waals surface area contributed by atoms with Crippen molar-refractivity contribution in [2.45, 2.75) is 39.7 Å². The van der Waals surface area contributed by atoms with E-state index in [9.17, 15) is 0 Å². The summed E-state index contributed by atoms with van der Waals surface area (Å²) in [5, 5.41) is 4.45. The molecule has 2 rings (SSSR count). The van der Waals surface area contributed by atoms with Crippen molar-refractivity contribution in [3.05, 3.63) is 27.8 Å². The molecule has 3 heteroatoms. The molecule has 0 spiro atoms. The van der Waals surface area contributed by atoms with Gasteiger partial charge in [0.25, 0.3) is 0 Å². The van der Waals surface area contributed by atoms with Crippen LogP contribution in [-0.4, -0.2) is 13.2 Å². The Balaban J connectivity index is 2.39. The molecular formula is C14H20ClNO. The molecule has 1 heterocycles. The van der Waals surface area contributed by atoms with Crippen molar-refractivity contribution in [1.82, 2.24) is 5.32 Å². The normalized spacial score (nSPS) is 18.7. The molecule has 1 aromatic carbocycles. The molecule has 0 fully saturated rings. The molecule has 2 nitrogen and oxygen atoms in total. The quantitative estimate of drug-likeness (QED) is 0.885. The van der Waals surface area contributed by atoms with E-state index >= 15 is 0 Å². The summed E-state index contributed by atoms with van der Waals surface area (Å²) < 4.78 is 5.75. The molecule has 0 bridgehead atoms. The summed E-state index contributed by atoms with van der Waals surface area (Å²) in [5.41, 5.74) is 3.51. The first-order valence-electron chi connectivity index (χ1n) is 6.31. The van der Waals surface area contributed by atoms with E-state index in [4.69, 9.17) is 16.3 Å². The average Bonchev–Trinajstić information content (AvgIpc) is 2.33. The topological polar surface area (TPSA) is 21.3 Å². The van der Waals surface area contributed by atoms with Gasteiger partial charge in [-0.1, -0.05) is 18.5 Å². The molecule has 94 valence electrons. The molecule has 0 aliphatic carbocycles. The zero-order valence-corrected chi connectivity index (χ0v) is 11.5. The predicted molar refractivity (Wildman–Crippen MR) is 72.1 cm³/mol. The van der Waals surface area contributed by atoms with Gasteiger partial charge in [-0.3, -0.25) is 0 Å². The van der Waals surface area contributed by atoms with Crippen LogP contribution in [-0.2, 0) is 0 Å². The molecule has 1 aliphatic rings. The molecular weight excluding hydrogens is 234 g/mol. The van der Waals surface area contributed by atoms with Crippen LogP contribution >= 0.6 is 11.6 Å². The summed E-state index contributed by atoms with van der Waals surface area (Å²) in [4.78, 5) is 0. The van der Waals surface area contributed by atoms with Crippen molar-refractivity contribution in [2.75, 3.05) is 13.2 Å². The van der Waals surface area contributed by atoms with Crippen LogP contribution in [0.25, 0.3) is 0 Å². The van der Waals surface area contributed by atoms with E-state index < -0.39 is 0 Å². The Morgan fingerprint density at radius 1 is 1.47 bits per heavy atom. The molecule has 1 N–H and O–H groups in total. The third-order valence-corrected chi connectivity index (χ3v) is 3.93. The zero-order chi connectivity index (χ0) is 12.4. The fourth-order valence-corrected chi connectivity index (χ4v) is 2.60. The standard InChI is InChI=1S/C14H20ClNO/c1-4-6-16-11-5-7-17-12-8-9(2)14(15)10(3)13(11)12/h8,11,16H,4-7H2,1-3H3. The SMILES string of the molecule is CCCNC1CCOc2cc(C)c(Cl)c(C)c21. The van der Waals surface area contributed by atoms with Gasteiger partial charge in [-0.25, -0.2) is 0 Å². The molecule has 0 amide bonds. The van der Waals surface area contributed by atoms with E-state index in [1.165, 1.54) is 5.56 Å². The highest BCUT2D eigenvalue weighted by atomic mass is 35.5. The van der Waals surface area contributed by atoms with Gasteiger partial charge in [0, 0.05) is 23.0 Å². The fourth-order valence-electron chi connectivity index (χ4n) is 2.44. The lowest BCUT2D eigenvalue weighted by atomic mass is 9.94. The number of ether oxygens (including phenoxy) is 1. The van der Waals surface area contributed by atoms with Crippen LogP contribution in [0.3, 0.4) is 0 Å². The van der Waals surface area contributed by atoms with Gasteiger partial charge in [-0.2, -0.15) is 0 Å². The van der Waals surface area contributed by atoms with E-state index in [0.717, 1.165) is 47.9 Å². The third-order valence-electron chi connectivity index (χ3n) is 3.35. The largest absolute Gasteiger partial charge is 0.493 e. The number of halogens is 1. The van der Waals surface area contributed by atoms with Crippen molar-refractivity contribution in [3.63, 3.8) is 0 Å². The number of rotatable bonds is 3. The van der Waals surface area contributed by atoms with Crippen LogP contribution in [0.4, 0.5) is 0 Å². The second-order valence-electron chi connectivity index (χ2n) is 4.69. The van der Waals surface area contributed by atoms with Gasteiger partial charge in [-0.15, -0.1) is 0 Å². The van der Waals surface area contributed by atoms with Crippen LogP contribution in [0.1, 0.15) is 42.5 Å². The smallest absolute Gasteiger partial charge is 0.124 e. The number of hydrogen-bond acceptors (Lipinski definition) is 2. The van der Waals surface area contributed by atoms with Gasteiger partial charge in [0.1, 0.15) is 5.75 Å². The van der Waals surface area contributed by atoms with E-state index in [1.807, 2.05) is 6.92 Å². The minimum atomic E-state index is 0.386. The average molecular weight is 254 g/mol. The Kier molecular flexibility index (Phi) is 3.95. The summed E-state index contributed by atoms with van der Waals surface area (Å²) in [6.07, 6.45) is 2.17. The van der Waals surface area contributed by atoms with Crippen molar-refractivity contribution >= 4 is 11.6 Å². The van der Waals surface area contributed by atoms with Crippen LogP contribution in [0.15, 0.2) is 6.07 Å². The second-order valence-corrected chi connectivity index (χ2v) is 5.07. The van der Waals surface area contributed by atoms with Crippen molar-refractivity contribution in [1.29, 1.82) is 0 Å². The monoisotopic (exact) mass is 253 g/mol. The highest BCUT2D eigenvalue weighted by Gasteiger charge is 2.24. The first-order chi connectivity index (χ1) is 8.15. The van der Waals surface area contributed by atoms with Gasteiger partial charge >= 0.3 is 0 Å². The minimum absolute atomic E-state index is 0.386. The molecule has 0 radical (unpaired) electrons. The fraction of sp³-hybridized carbons (Fsp3) is 0.571. The number of nitrogens with one attached hydrogen (secondary N) is 1. The van der Waals surface area contributed by atoms with Gasteiger partial charge in [0.05, 0.1) is 6.61 Å². The highest BCUT2D eigenvalue weighted by Crippen LogP contribution is 2.39. The van der Waals surface area contributed by atoms with Gasteiger partial charge < -0.3 is 10.1 Å². The molecule has 17 heavy (non-hydrogen) atoms. The molecule has 1 atom stereocenters. The van der Waals surface area contributed by atoms with Crippen LogP contribution in [0.2, 0.25) is 5.02 Å². The summed E-state index contributed by atoms with van der Waals surface area (Å²) in [6, 6.07) is 2.45. The van der Waals surface area contributed by atoms with Gasteiger partial charge in [-0.05, 0) is 44.0 Å². The Morgan fingerprint density at radius 3 is 2.94 bits per heavy atom. The summed E-state index contributed by atoms with van der Waals surface area (Å²) in [7, 11) is 0. The Labute approximate surface area is 108 Å². The van der Waals surface area contributed by atoms with Crippen molar-refractivity contribution < 1.29 is 4.74 Å². The maximum atomic E-state index is 6.33. The van der Waals surface area contributed by atoms with Crippen molar-refractivity contribution in [3.8, 4) is 5.75 Å². The summed E-state index contributed by atoms with van der Waals surface area (Å²) >= 11 is 6.33. The molecule has 1 aliphatic heterocycles. The Hall–Kier alpha value is -0.730. The van der Waals surface area contributed by atoms with E-state index in [-0.39, 0.29) is 0 Å². The van der Waals surface area contributed by atoms with Gasteiger partial charge in [0.2, 0.25) is 0 Å². The van der Waals surface area contributed by atoms with Crippen molar-refractivity contribution in [2.24, 2.45) is 0 Å². The summed E-state index contributed by atoms with van der Waals surface area (Å²) in [5.74, 6) is 1.00. The maximum absolute atomic E-state index is 6.33. The first-order valence-corrected chi connectivity index (χ1v) is 6.68. The molecule has 1 aromatic rings. The Morgan fingerprint density at radius 2 is 2.24 bits per heavy atom. The molecule has 0 aromatic heterocycles. The van der Waals surface area contributed by atoms with Crippen LogP contribution in [0.5, 0.6) is 5.75 Å². The third kappa shape index (κ3) is 2.43. The predicted octanol–water partition coefficient (Wildman–Crippen LogP) is 3.78.